The molecule has 0 radical (unpaired) electrons. The first-order valence-electron chi connectivity index (χ1n) is 8.66. The van der Waals surface area contributed by atoms with Gasteiger partial charge in [-0.2, -0.15) is 4.98 Å². The minimum Gasteiger partial charge on any atom is -0.316 e. The van der Waals surface area contributed by atoms with Crippen LogP contribution in [0.4, 0.5) is 5.95 Å². The second-order valence-electron chi connectivity index (χ2n) is 6.54. The fourth-order valence-corrected chi connectivity index (χ4v) is 3.55. The third-order valence-corrected chi connectivity index (χ3v) is 5.14. The van der Waals surface area contributed by atoms with Crippen molar-refractivity contribution in [2.75, 3.05) is 24.7 Å². The SMILES string of the molecule is CSc1nc(NC(=O)c2c(C)ccn(CC3CCCNC3)c2=O)n(C)n1. The molecule has 3 heterocycles. The molecule has 0 bridgehead atoms. The zero-order chi connectivity index (χ0) is 18.7. The zero-order valence-corrected chi connectivity index (χ0v) is 16.1. The van der Waals surface area contributed by atoms with E-state index in [9.17, 15) is 9.59 Å². The van der Waals surface area contributed by atoms with E-state index in [2.05, 4.69) is 20.7 Å². The van der Waals surface area contributed by atoms with Gasteiger partial charge < -0.3 is 9.88 Å². The highest BCUT2D eigenvalue weighted by Crippen LogP contribution is 2.15. The number of nitrogens with zero attached hydrogens (tertiary/aromatic N) is 4. The molecule has 1 amide bonds. The predicted molar refractivity (Wildman–Crippen MR) is 102 cm³/mol. The van der Waals surface area contributed by atoms with E-state index in [0.29, 0.717) is 29.1 Å². The summed E-state index contributed by atoms with van der Waals surface area (Å²) in [5.74, 6) is 0.278. The zero-order valence-electron chi connectivity index (χ0n) is 15.3. The first-order chi connectivity index (χ1) is 12.5. The molecule has 1 aliphatic heterocycles. The van der Waals surface area contributed by atoms with Gasteiger partial charge in [-0.15, -0.1) is 5.10 Å². The van der Waals surface area contributed by atoms with E-state index in [4.69, 9.17) is 0 Å². The van der Waals surface area contributed by atoms with Crippen LogP contribution >= 0.6 is 11.8 Å². The van der Waals surface area contributed by atoms with E-state index >= 15 is 0 Å². The van der Waals surface area contributed by atoms with Crippen molar-refractivity contribution in [1.29, 1.82) is 0 Å². The van der Waals surface area contributed by atoms with Gasteiger partial charge >= 0.3 is 0 Å². The Labute approximate surface area is 156 Å². The fourth-order valence-electron chi connectivity index (χ4n) is 3.16. The van der Waals surface area contributed by atoms with Gasteiger partial charge in [-0.05, 0) is 56.7 Å². The average Bonchev–Trinajstić information content (AvgIpc) is 2.98. The Bertz CT molecular complexity index is 853. The fraction of sp³-hybridized carbons (Fsp3) is 0.529. The summed E-state index contributed by atoms with van der Waals surface area (Å²) in [6.45, 7) is 4.32. The van der Waals surface area contributed by atoms with E-state index < -0.39 is 5.91 Å². The maximum Gasteiger partial charge on any atom is 0.263 e. The normalized spacial score (nSPS) is 17.3. The van der Waals surface area contributed by atoms with Crippen LogP contribution in [0, 0.1) is 12.8 Å². The summed E-state index contributed by atoms with van der Waals surface area (Å²) in [7, 11) is 1.70. The molecule has 1 atom stereocenters. The lowest BCUT2D eigenvalue weighted by atomic mass is 9.99. The molecule has 2 aromatic rings. The highest BCUT2D eigenvalue weighted by molar-refractivity contribution is 7.98. The molecule has 0 saturated carbocycles. The standard InChI is InChI=1S/C17H24N6O2S/c1-11-6-8-23(10-12-5-4-7-18-9-12)15(25)13(11)14(24)19-16-20-17(26-3)21-22(16)2/h6,8,12,18H,4-5,7,9-10H2,1-3H3,(H,19,20,21,24). The lowest BCUT2D eigenvalue weighted by molar-refractivity contribution is 0.102. The molecule has 9 heteroatoms. The molecule has 26 heavy (non-hydrogen) atoms. The van der Waals surface area contributed by atoms with Gasteiger partial charge in [-0.1, -0.05) is 11.8 Å². The number of thioether (sulfide) groups is 1. The number of pyridine rings is 1. The topological polar surface area (TPSA) is 93.8 Å². The quantitative estimate of drug-likeness (QED) is 0.763. The number of anilines is 1. The van der Waals surface area contributed by atoms with Crippen LogP contribution in [0.3, 0.4) is 0 Å². The molecule has 1 unspecified atom stereocenters. The molecule has 8 nitrogen and oxygen atoms in total. The van der Waals surface area contributed by atoms with Crippen LogP contribution in [0.15, 0.2) is 22.2 Å². The Morgan fingerprint density at radius 1 is 1.50 bits per heavy atom. The number of carbonyl (C=O) groups is 1. The van der Waals surface area contributed by atoms with Crippen LogP contribution in [0.2, 0.25) is 0 Å². The number of hydrogen-bond donors (Lipinski definition) is 2. The highest BCUT2D eigenvalue weighted by atomic mass is 32.2. The number of piperidine rings is 1. The summed E-state index contributed by atoms with van der Waals surface area (Å²) in [4.78, 5) is 29.8. The second-order valence-corrected chi connectivity index (χ2v) is 7.32. The summed E-state index contributed by atoms with van der Waals surface area (Å²) < 4.78 is 3.14. The molecule has 0 spiro atoms. The Kier molecular flexibility index (Phi) is 5.77. The Hall–Kier alpha value is -2.13. The molecule has 2 N–H and O–H groups in total. The van der Waals surface area contributed by atoms with E-state index in [1.807, 2.05) is 12.3 Å². The van der Waals surface area contributed by atoms with Gasteiger partial charge in [-0.3, -0.25) is 14.9 Å². The highest BCUT2D eigenvalue weighted by Gasteiger charge is 2.20. The number of hydrogen-bond acceptors (Lipinski definition) is 6. The van der Waals surface area contributed by atoms with Crippen LogP contribution in [0.25, 0.3) is 0 Å². The molecular weight excluding hydrogens is 352 g/mol. The number of rotatable bonds is 5. The van der Waals surface area contributed by atoms with E-state index in [-0.39, 0.29) is 11.1 Å². The Balaban J connectivity index is 1.83. The van der Waals surface area contributed by atoms with E-state index in [0.717, 1.165) is 25.9 Å². The number of carbonyl (C=O) groups excluding carboxylic acids is 1. The number of nitrogens with one attached hydrogen (secondary N) is 2. The molecule has 140 valence electrons. The predicted octanol–water partition coefficient (Wildman–Crippen LogP) is 1.26. The van der Waals surface area contributed by atoms with Crippen molar-refractivity contribution in [3.63, 3.8) is 0 Å². The third-order valence-electron chi connectivity index (χ3n) is 4.61. The first-order valence-corrected chi connectivity index (χ1v) is 9.89. The van der Waals surface area contributed by atoms with E-state index in [1.165, 1.54) is 16.4 Å². The van der Waals surface area contributed by atoms with Gasteiger partial charge in [0.05, 0.1) is 0 Å². The summed E-state index contributed by atoms with van der Waals surface area (Å²) in [5.41, 5.74) is 0.545. The maximum absolute atomic E-state index is 12.9. The molecule has 1 aliphatic rings. The van der Waals surface area contributed by atoms with Crippen molar-refractivity contribution in [1.82, 2.24) is 24.6 Å². The minimum absolute atomic E-state index is 0.157. The van der Waals surface area contributed by atoms with Crippen LogP contribution in [0.5, 0.6) is 0 Å². The Morgan fingerprint density at radius 2 is 2.31 bits per heavy atom. The smallest absolute Gasteiger partial charge is 0.263 e. The number of aromatic nitrogens is 4. The molecule has 1 saturated heterocycles. The van der Waals surface area contributed by atoms with Crippen LogP contribution in [-0.4, -0.2) is 44.6 Å². The van der Waals surface area contributed by atoms with Crippen molar-refractivity contribution in [3.8, 4) is 0 Å². The lowest BCUT2D eigenvalue weighted by Gasteiger charge is -2.23. The molecule has 0 aliphatic carbocycles. The van der Waals surface area contributed by atoms with Crippen molar-refractivity contribution >= 4 is 23.6 Å². The van der Waals surface area contributed by atoms with Gasteiger partial charge in [0.25, 0.3) is 11.5 Å². The first kappa shape index (κ1) is 18.7. The van der Waals surface area contributed by atoms with Gasteiger partial charge in [-0.25, -0.2) is 4.68 Å². The largest absolute Gasteiger partial charge is 0.316 e. The van der Waals surface area contributed by atoms with Crippen molar-refractivity contribution in [3.05, 3.63) is 33.7 Å². The van der Waals surface area contributed by atoms with Crippen LogP contribution < -0.4 is 16.2 Å². The maximum atomic E-state index is 12.9. The molecule has 1 fully saturated rings. The van der Waals surface area contributed by atoms with Crippen molar-refractivity contribution in [2.45, 2.75) is 31.5 Å². The van der Waals surface area contributed by atoms with Gasteiger partial charge in [0, 0.05) is 19.8 Å². The van der Waals surface area contributed by atoms with Crippen LogP contribution in [0.1, 0.15) is 28.8 Å². The number of aryl methyl sites for hydroxylation is 2. The second kappa shape index (κ2) is 8.05. The summed E-state index contributed by atoms with van der Waals surface area (Å²) in [5, 5.41) is 10.8. The summed E-state index contributed by atoms with van der Waals surface area (Å²) >= 11 is 1.39. The molecule has 3 rings (SSSR count). The van der Waals surface area contributed by atoms with E-state index in [1.54, 1.807) is 24.7 Å². The molecule has 0 aromatic carbocycles. The average molecular weight is 376 g/mol. The number of amides is 1. The van der Waals surface area contributed by atoms with Gasteiger partial charge in [0.15, 0.2) is 0 Å². The van der Waals surface area contributed by atoms with Crippen LogP contribution in [-0.2, 0) is 13.6 Å². The summed E-state index contributed by atoms with van der Waals surface area (Å²) in [6, 6.07) is 1.82. The van der Waals surface area contributed by atoms with Crippen molar-refractivity contribution < 1.29 is 4.79 Å². The third kappa shape index (κ3) is 3.99. The lowest BCUT2D eigenvalue weighted by Crippen LogP contribution is -2.36. The molecular formula is C17H24N6O2S. The van der Waals surface area contributed by atoms with Gasteiger partial charge in [0.2, 0.25) is 11.1 Å². The summed E-state index contributed by atoms with van der Waals surface area (Å²) in [6.07, 6.45) is 5.84. The minimum atomic E-state index is -0.452. The molecule has 2 aromatic heterocycles. The monoisotopic (exact) mass is 376 g/mol. The van der Waals surface area contributed by atoms with Crippen molar-refractivity contribution in [2.24, 2.45) is 13.0 Å². The van der Waals surface area contributed by atoms with Gasteiger partial charge in [0.1, 0.15) is 5.56 Å². The Morgan fingerprint density at radius 3 is 2.96 bits per heavy atom.